The van der Waals surface area contributed by atoms with E-state index in [2.05, 4.69) is 5.92 Å². The standard InChI is InChI=1S/C20H25ClN2O4/c1-5-6-9-23(18(24)13-21)15-7-8-16-17(12-15)26-11-10-22(16)14-19(25)27-20(2,3)4/h1,7-8,12H,6,9-11,13-14H2,2-4H3. The number of ether oxygens (including phenoxy) is 2. The zero-order valence-corrected chi connectivity index (χ0v) is 16.7. The van der Waals surface area contributed by atoms with Gasteiger partial charge in [0.25, 0.3) is 0 Å². The van der Waals surface area contributed by atoms with Crippen molar-refractivity contribution in [3.8, 4) is 18.1 Å². The molecule has 0 radical (unpaired) electrons. The minimum absolute atomic E-state index is 0.132. The topological polar surface area (TPSA) is 59.1 Å². The molecule has 1 aromatic rings. The normalized spacial score (nSPS) is 13.2. The highest BCUT2D eigenvalue weighted by molar-refractivity contribution is 6.29. The molecule has 146 valence electrons. The van der Waals surface area contributed by atoms with E-state index in [4.69, 9.17) is 27.5 Å². The number of benzene rings is 1. The number of rotatable bonds is 6. The highest BCUT2D eigenvalue weighted by Gasteiger charge is 2.25. The Balaban J connectivity index is 2.21. The SMILES string of the molecule is C#CCCN(C(=O)CCl)c1ccc2c(c1)OCCN2CC(=O)OC(C)(C)C. The molecule has 0 bridgehead atoms. The van der Waals surface area contributed by atoms with E-state index in [1.807, 2.05) is 31.7 Å². The van der Waals surface area contributed by atoms with Crippen molar-refractivity contribution < 1.29 is 19.1 Å². The Morgan fingerprint density at radius 1 is 1.41 bits per heavy atom. The van der Waals surface area contributed by atoms with Crippen LogP contribution in [0.25, 0.3) is 0 Å². The van der Waals surface area contributed by atoms with E-state index in [-0.39, 0.29) is 24.3 Å². The van der Waals surface area contributed by atoms with Crippen LogP contribution in [0.1, 0.15) is 27.2 Å². The maximum absolute atomic E-state index is 12.2. The smallest absolute Gasteiger partial charge is 0.326 e. The van der Waals surface area contributed by atoms with E-state index in [1.54, 1.807) is 17.0 Å². The Hall–Kier alpha value is -2.39. The van der Waals surface area contributed by atoms with Gasteiger partial charge in [0, 0.05) is 24.7 Å². The lowest BCUT2D eigenvalue weighted by Crippen LogP contribution is -2.39. The Morgan fingerprint density at radius 2 is 2.15 bits per heavy atom. The molecule has 1 aliphatic heterocycles. The van der Waals surface area contributed by atoms with Gasteiger partial charge in [-0.15, -0.1) is 23.9 Å². The Bertz CT molecular complexity index is 736. The van der Waals surface area contributed by atoms with Crippen molar-refractivity contribution in [1.29, 1.82) is 0 Å². The first kappa shape index (κ1) is 20.9. The third-order valence-electron chi connectivity index (χ3n) is 3.85. The predicted octanol–water partition coefficient (Wildman–Crippen LogP) is 2.82. The molecule has 0 saturated heterocycles. The molecule has 1 aromatic carbocycles. The minimum atomic E-state index is -0.532. The number of hydrogen-bond donors (Lipinski definition) is 0. The van der Waals surface area contributed by atoms with E-state index < -0.39 is 5.60 Å². The van der Waals surface area contributed by atoms with Crippen LogP contribution in [0.5, 0.6) is 5.75 Å². The van der Waals surface area contributed by atoms with Crippen molar-refractivity contribution in [2.75, 3.05) is 41.9 Å². The fourth-order valence-electron chi connectivity index (χ4n) is 2.77. The van der Waals surface area contributed by atoms with Gasteiger partial charge in [-0.3, -0.25) is 9.59 Å². The predicted molar refractivity (Wildman–Crippen MR) is 107 cm³/mol. The van der Waals surface area contributed by atoms with Gasteiger partial charge >= 0.3 is 5.97 Å². The van der Waals surface area contributed by atoms with Crippen molar-refractivity contribution in [2.24, 2.45) is 0 Å². The lowest BCUT2D eigenvalue weighted by molar-refractivity contribution is -0.153. The summed E-state index contributed by atoms with van der Waals surface area (Å²) in [7, 11) is 0. The Kier molecular flexibility index (Phi) is 6.98. The lowest BCUT2D eigenvalue weighted by atomic mass is 10.2. The summed E-state index contributed by atoms with van der Waals surface area (Å²) in [6, 6.07) is 5.41. The molecular formula is C20H25ClN2O4. The maximum atomic E-state index is 12.2. The molecule has 0 saturated carbocycles. The first-order valence-electron chi connectivity index (χ1n) is 8.78. The number of esters is 1. The quantitative estimate of drug-likeness (QED) is 0.423. The molecule has 2 rings (SSSR count). The molecule has 27 heavy (non-hydrogen) atoms. The van der Waals surface area contributed by atoms with E-state index in [0.717, 1.165) is 5.69 Å². The second kappa shape index (κ2) is 9.01. The van der Waals surface area contributed by atoms with Crippen LogP contribution >= 0.6 is 11.6 Å². The van der Waals surface area contributed by atoms with Gasteiger partial charge in [0.1, 0.15) is 30.4 Å². The Labute approximate surface area is 165 Å². The van der Waals surface area contributed by atoms with Gasteiger partial charge in [0.2, 0.25) is 5.91 Å². The van der Waals surface area contributed by atoms with Gasteiger partial charge in [0.05, 0.1) is 12.2 Å². The molecule has 7 heteroatoms. The highest BCUT2D eigenvalue weighted by atomic mass is 35.5. The Morgan fingerprint density at radius 3 is 2.78 bits per heavy atom. The number of halogens is 1. The van der Waals surface area contributed by atoms with E-state index in [9.17, 15) is 9.59 Å². The molecule has 6 nitrogen and oxygen atoms in total. The van der Waals surface area contributed by atoms with Crippen LogP contribution in [0.3, 0.4) is 0 Å². The molecule has 0 unspecified atom stereocenters. The van der Waals surface area contributed by atoms with Crippen LogP contribution < -0.4 is 14.5 Å². The summed E-state index contributed by atoms with van der Waals surface area (Å²) < 4.78 is 11.1. The van der Waals surface area contributed by atoms with Crippen molar-refractivity contribution in [1.82, 2.24) is 0 Å². The summed E-state index contributed by atoms with van der Waals surface area (Å²) in [5, 5.41) is 0. The first-order valence-corrected chi connectivity index (χ1v) is 9.32. The molecule has 1 amide bonds. The number of carbonyl (C=O) groups is 2. The van der Waals surface area contributed by atoms with Crippen LogP contribution in [0, 0.1) is 12.3 Å². The average Bonchev–Trinajstić information content (AvgIpc) is 2.60. The molecule has 0 spiro atoms. The highest BCUT2D eigenvalue weighted by Crippen LogP contribution is 2.35. The second-order valence-corrected chi connectivity index (χ2v) is 7.41. The van der Waals surface area contributed by atoms with Crippen molar-refractivity contribution in [3.63, 3.8) is 0 Å². The minimum Gasteiger partial charge on any atom is -0.489 e. The fourth-order valence-corrected chi connectivity index (χ4v) is 2.92. The van der Waals surface area contributed by atoms with Crippen LogP contribution in [-0.4, -0.2) is 49.6 Å². The van der Waals surface area contributed by atoms with Crippen LogP contribution in [0.4, 0.5) is 11.4 Å². The van der Waals surface area contributed by atoms with Crippen molar-refractivity contribution in [3.05, 3.63) is 18.2 Å². The number of alkyl halides is 1. The summed E-state index contributed by atoms with van der Waals surface area (Å²) >= 11 is 5.72. The molecule has 0 N–H and O–H groups in total. The number of terminal acetylenes is 1. The summed E-state index contributed by atoms with van der Waals surface area (Å²) in [4.78, 5) is 27.8. The summed E-state index contributed by atoms with van der Waals surface area (Å²) in [5.41, 5.74) is 0.912. The van der Waals surface area contributed by atoms with Crippen LogP contribution in [0.2, 0.25) is 0 Å². The van der Waals surface area contributed by atoms with E-state index >= 15 is 0 Å². The zero-order chi connectivity index (χ0) is 20.0. The van der Waals surface area contributed by atoms with E-state index in [1.165, 1.54) is 0 Å². The van der Waals surface area contributed by atoms with Gasteiger partial charge in [-0.25, -0.2) is 0 Å². The molecule has 1 aliphatic rings. The summed E-state index contributed by atoms with van der Waals surface area (Å²) in [6.07, 6.45) is 5.74. The molecule has 0 aromatic heterocycles. The number of anilines is 2. The van der Waals surface area contributed by atoms with Crippen LogP contribution in [-0.2, 0) is 14.3 Å². The number of fused-ring (bicyclic) bond motifs is 1. The first-order chi connectivity index (χ1) is 12.7. The van der Waals surface area contributed by atoms with Gasteiger partial charge in [-0.1, -0.05) is 0 Å². The average molecular weight is 393 g/mol. The van der Waals surface area contributed by atoms with E-state index in [0.29, 0.717) is 37.6 Å². The van der Waals surface area contributed by atoms with Crippen molar-refractivity contribution >= 4 is 34.9 Å². The summed E-state index contributed by atoms with van der Waals surface area (Å²) in [5.74, 6) is 2.48. The number of carbonyl (C=O) groups excluding carboxylic acids is 2. The van der Waals surface area contributed by atoms with Gasteiger partial charge in [0.15, 0.2) is 0 Å². The third kappa shape index (κ3) is 5.80. The number of amides is 1. The maximum Gasteiger partial charge on any atom is 0.326 e. The van der Waals surface area contributed by atoms with Crippen molar-refractivity contribution in [2.45, 2.75) is 32.8 Å². The van der Waals surface area contributed by atoms with Gasteiger partial charge in [-0.05, 0) is 32.9 Å². The lowest BCUT2D eigenvalue weighted by Gasteiger charge is -2.32. The third-order valence-corrected chi connectivity index (χ3v) is 4.08. The van der Waals surface area contributed by atoms with Gasteiger partial charge < -0.3 is 19.3 Å². The zero-order valence-electron chi connectivity index (χ0n) is 16.0. The molecule has 0 atom stereocenters. The molecule has 0 aliphatic carbocycles. The largest absolute Gasteiger partial charge is 0.489 e. The summed E-state index contributed by atoms with van der Waals surface area (Å²) in [6.45, 7) is 7.03. The monoisotopic (exact) mass is 392 g/mol. The molecular weight excluding hydrogens is 368 g/mol. The fraction of sp³-hybridized carbons (Fsp3) is 0.500. The molecule has 1 heterocycles. The number of hydrogen-bond acceptors (Lipinski definition) is 5. The van der Waals surface area contributed by atoms with Crippen LogP contribution in [0.15, 0.2) is 18.2 Å². The van der Waals surface area contributed by atoms with Gasteiger partial charge in [-0.2, -0.15) is 0 Å². The number of nitrogens with zero attached hydrogens (tertiary/aromatic N) is 2. The molecule has 0 fully saturated rings. The second-order valence-electron chi connectivity index (χ2n) is 7.14.